The van der Waals surface area contributed by atoms with Gasteiger partial charge in [-0.25, -0.2) is 0 Å². The minimum Gasteiger partial charge on any atom is -0.289 e. The van der Waals surface area contributed by atoms with Crippen molar-refractivity contribution in [3.63, 3.8) is 0 Å². The van der Waals surface area contributed by atoms with Crippen LogP contribution in [0.5, 0.6) is 0 Å². The van der Waals surface area contributed by atoms with Crippen LogP contribution in [0.3, 0.4) is 0 Å². The number of carbonyl (C=O) groups excluding carboxylic acids is 1. The molecule has 0 aromatic heterocycles. The van der Waals surface area contributed by atoms with Gasteiger partial charge in [0.15, 0.2) is 5.78 Å². The Morgan fingerprint density at radius 1 is 0.931 bits per heavy atom. The molecule has 29 heavy (non-hydrogen) atoms. The quantitative estimate of drug-likeness (QED) is 0.474. The molecule has 156 valence electrons. The fraction of sp³-hybridized carbons (Fsp3) is 0.536. The van der Waals surface area contributed by atoms with E-state index in [0.29, 0.717) is 11.8 Å². The van der Waals surface area contributed by atoms with Crippen LogP contribution in [-0.2, 0) is 5.41 Å². The molecule has 2 aromatic rings. The first-order chi connectivity index (χ1) is 13.6. The molecule has 0 amide bonds. The van der Waals surface area contributed by atoms with Crippen LogP contribution in [0.4, 0.5) is 0 Å². The lowest BCUT2D eigenvalue weighted by Crippen LogP contribution is -2.19. The smallest absolute Gasteiger partial charge is 0.193 e. The number of carbonyl (C=O) groups is 1. The van der Waals surface area contributed by atoms with Crippen LogP contribution < -0.4 is 0 Å². The lowest BCUT2D eigenvalue weighted by molar-refractivity contribution is 0.103. The number of hydrogen-bond donors (Lipinski definition) is 0. The molecule has 0 spiro atoms. The van der Waals surface area contributed by atoms with E-state index in [2.05, 4.69) is 72.7 Å². The first-order valence-corrected chi connectivity index (χ1v) is 11.4. The fourth-order valence-corrected chi connectivity index (χ4v) is 4.93. The van der Waals surface area contributed by atoms with Gasteiger partial charge in [0.05, 0.1) is 0 Å². The highest BCUT2D eigenvalue weighted by Crippen LogP contribution is 2.42. The van der Waals surface area contributed by atoms with Crippen molar-refractivity contribution in [3.8, 4) is 0 Å². The van der Waals surface area contributed by atoms with Crippen molar-refractivity contribution < 1.29 is 4.79 Å². The Morgan fingerprint density at radius 3 is 2.21 bits per heavy atom. The minimum atomic E-state index is -0.0631. The topological polar surface area (TPSA) is 17.1 Å². The lowest BCUT2D eigenvalue weighted by atomic mass is 9.79. The standard InChI is InChI=1S/C28H38O/c1-18(2)20-12-13-21(16-20)22-14-15-26(28(5,6)7)25(17-22)27(29)24-11-9-8-10-23(24)19(3)4/h8-11,14-15,17-21H,12-13,16H2,1-7H3. The Kier molecular flexibility index (Phi) is 6.36. The maximum absolute atomic E-state index is 13.8. The van der Waals surface area contributed by atoms with Crippen LogP contribution in [0.25, 0.3) is 0 Å². The summed E-state index contributed by atoms with van der Waals surface area (Å²) in [7, 11) is 0. The third-order valence-electron chi connectivity index (χ3n) is 6.81. The first kappa shape index (κ1) is 21.8. The Hall–Kier alpha value is -1.89. The minimum absolute atomic E-state index is 0.0631. The van der Waals surface area contributed by atoms with Crippen LogP contribution in [0.2, 0.25) is 0 Å². The molecule has 0 saturated heterocycles. The van der Waals surface area contributed by atoms with Crippen molar-refractivity contribution >= 4 is 5.78 Å². The molecule has 2 atom stereocenters. The Bertz CT molecular complexity index is 866. The average Bonchev–Trinajstić information content (AvgIpc) is 3.17. The predicted octanol–water partition coefficient (Wildman–Crippen LogP) is 7.88. The summed E-state index contributed by atoms with van der Waals surface area (Å²) < 4.78 is 0. The zero-order chi connectivity index (χ0) is 21.3. The van der Waals surface area contributed by atoms with Gasteiger partial charge in [-0.15, -0.1) is 0 Å². The van der Waals surface area contributed by atoms with E-state index >= 15 is 0 Å². The molecule has 0 aliphatic heterocycles. The van der Waals surface area contributed by atoms with Gasteiger partial charge in [0, 0.05) is 11.1 Å². The second-order valence-corrected chi connectivity index (χ2v) is 10.6. The Morgan fingerprint density at radius 2 is 1.62 bits per heavy atom. The van der Waals surface area contributed by atoms with Gasteiger partial charge < -0.3 is 0 Å². The molecule has 1 nitrogen and oxygen atoms in total. The third-order valence-corrected chi connectivity index (χ3v) is 6.81. The van der Waals surface area contributed by atoms with Crippen molar-refractivity contribution in [2.75, 3.05) is 0 Å². The summed E-state index contributed by atoms with van der Waals surface area (Å²) >= 11 is 0. The molecule has 2 aromatic carbocycles. The van der Waals surface area contributed by atoms with Crippen LogP contribution >= 0.6 is 0 Å². The van der Waals surface area contributed by atoms with Gasteiger partial charge >= 0.3 is 0 Å². The molecule has 1 aliphatic rings. The van der Waals surface area contributed by atoms with Gasteiger partial charge in [-0.05, 0) is 71.1 Å². The highest BCUT2D eigenvalue weighted by molar-refractivity contribution is 6.11. The first-order valence-electron chi connectivity index (χ1n) is 11.4. The molecule has 1 aliphatic carbocycles. The molecule has 0 N–H and O–H groups in total. The fourth-order valence-electron chi connectivity index (χ4n) is 4.93. The monoisotopic (exact) mass is 390 g/mol. The summed E-state index contributed by atoms with van der Waals surface area (Å²) in [5, 5.41) is 0. The normalized spacial score (nSPS) is 19.9. The second-order valence-electron chi connectivity index (χ2n) is 10.6. The molecular weight excluding hydrogens is 352 g/mol. The van der Waals surface area contributed by atoms with Gasteiger partial charge in [-0.1, -0.05) is 84.9 Å². The summed E-state index contributed by atoms with van der Waals surface area (Å²) in [6.07, 6.45) is 3.81. The predicted molar refractivity (Wildman–Crippen MR) is 124 cm³/mol. The van der Waals surface area contributed by atoms with Gasteiger partial charge in [0.1, 0.15) is 0 Å². The number of ketones is 1. The van der Waals surface area contributed by atoms with E-state index in [1.54, 1.807) is 0 Å². The van der Waals surface area contributed by atoms with Crippen molar-refractivity contribution in [3.05, 3.63) is 70.3 Å². The van der Waals surface area contributed by atoms with E-state index in [-0.39, 0.29) is 11.2 Å². The zero-order valence-electron chi connectivity index (χ0n) is 19.4. The van der Waals surface area contributed by atoms with Crippen molar-refractivity contribution in [2.24, 2.45) is 11.8 Å². The lowest BCUT2D eigenvalue weighted by Gasteiger charge is -2.25. The zero-order valence-corrected chi connectivity index (χ0v) is 19.4. The van der Waals surface area contributed by atoms with E-state index in [9.17, 15) is 4.79 Å². The largest absolute Gasteiger partial charge is 0.289 e. The second kappa shape index (κ2) is 8.46. The van der Waals surface area contributed by atoms with E-state index in [1.165, 1.54) is 24.8 Å². The van der Waals surface area contributed by atoms with E-state index < -0.39 is 0 Å². The summed E-state index contributed by atoms with van der Waals surface area (Å²) in [6, 6.07) is 14.9. The SMILES string of the molecule is CC(C)c1ccccc1C(=O)c1cc(C2CCC(C(C)C)C2)ccc1C(C)(C)C. The molecule has 1 fully saturated rings. The molecule has 0 heterocycles. The molecular formula is C28H38O. The van der Waals surface area contributed by atoms with Gasteiger partial charge in [-0.3, -0.25) is 4.79 Å². The maximum atomic E-state index is 13.8. The Labute approximate surface area is 177 Å². The van der Waals surface area contributed by atoms with Crippen LogP contribution in [0, 0.1) is 11.8 Å². The highest BCUT2D eigenvalue weighted by Gasteiger charge is 2.30. The molecule has 1 saturated carbocycles. The van der Waals surface area contributed by atoms with Crippen molar-refractivity contribution in [1.82, 2.24) is 0 Å². The van der Waals surface area contributed by atoms with Crippen molar-refractivity contribution in [2.45, 2.75) is 85.0 Å². The summed E-state index contributed by atoms with van der Waals surface area (Å²) in [4.78, 5) is 13.8. The number of rotatable bonds is 5. The molecule has 1 heteroatoms. The van der Waals surface area contributed by atoms with Gasteiger partial charge in [-0.2, -0.15) is 0 Å². The third kappa shape index (κ3) is 4.65. The number of hydrogen-bond acceptors (Lipinski definition) is 1. The van der Waals surface area contributed by atoms with Gasteiger partial charge in [0.25, 0.3) is 0 Å². The van der Waals surface area contributed by atoms with Crippen molar-refractivity contribution in [1.29, 1.82) is 0 Å². The summed E-state index contributed by atoms with van der Waals surface area (Å²) in [5.41, 5.74) is 5.35. The summed E-state index contributed by atoms with van der Waals surface area (Å²) in [5.74, 6) is 2.65. The number of benzene rings is 2. The molecule has 2 unspecified atom stereocenters. The highest BCUT2D eigenvalue weighted by atomic mass is 16.1. The van der Waals surface area contributed by atoms with E-state index in [1.807, 2.05) is 18.2 Å². The maximum Gasteiger partial charge on any atom is 0.193 e. The van der Waals surface area contributed by atoms with Crippen LogP contribution in [-0.4, -0.2) is 5.78 Å². The molecule has 0 bridgehead atoms. The van der Waals surface area contributed by atoms with Crippen LogP contribution in [0.1, 0.15) is 112 Å². The van der Waals surface area contributed by atoms with E-state index in [4.69, 9.17) is 0 Å². The molecule has 3 rings (SSSR count). The Balaban J connectivity index is 2.05. The van der Waals surface area contributed by atoms with E-state index in [0.717, 1.165) is 34.1 Å². The van der Waals surface area contributed by atoms with Crippen LogP contribution in [0.15, 0.2) is 42.5 Å². The summed E-state index contributed by atoms with van der Waals surface area (Å²) in [6.45, 7) is 15.6. The molecule has 0 radical (unpaired) electrons. The average molecular weight is 391 g/mol. The van der Waals surface area contributed by atoms with Gasteiger partial charge in [0.2, 0.25) is 0 Å².